The van der Waals surface area contributed by atoms with Gasteiger partial charge in [0.05, 0.1) is 0 Å². The molecule has 0 radical (unpaired) electrons. The number of benzene rings is 2. The van der Waals surface area contributed by atoms with Crippen LogP contribution in [0.25, 0.3) is 0 Å². The molecule has 1 atom stereocenters. The molecule has 0 amide bonds. The van der Waals surface area contributed by atoms with Gasteiger partial charge in [0, 0.05) is 5.69 Å². The molecule has 0 saturated heterocycles. The van der Waals surface area contributed by atoms with Gasteiger partial charge in [-0.25, -0.2) is 0 Å². The summed E-state index contributed by atoms with van der Waals surface area (Å²) in [6.45, 7) is 0.197. The summed E-state index contributed by atoms with van der Waals surface area (Å²) in [6, 6.07) is 17.9. The summed E-state index contributed by atoms with van der Waals surface area (Å²) in [5.74, 6) is -0.208. The fraction of sp³-hybridized carbons (Fsp3) is 0.278. The molecule has 1 aliphatic rings. The van der Waals surface area contributed by atoms with Crippen molar-refractivity contribution < 1.29 is 9.53 Å². The number of rotatable bonds is 4. The van der Waals surface area contributed by atoms with E-state index in [-0.39, 0.29) is 18.6 Å². The summed E-state index contributed by atoms with van der Waals surface area (Å²) < 4.78 is 5.64. The Morgan fingerprint density at radius 1 is 1.10 bits per heavy atom. The first kappa shape index (κ1) is 13.7. The van der Waals surface area contributed by atoms with Crippen LogP contribution in [0, 0.1) is 0 Å². The Labute approximate surface area is 124 Å². The molecule has 0 aliphatic heterocycles. The Balaban J connectivity index is 1.58. The zero-order valence-corrected chi connectivity index (χ0v) is 11.9. The fourth-order valence-electron chi connectivity index (χ4n) is 2.76. The van der Waals surface area contributed by atoms with Crippen LogP contribution in [-0.2, 0) is 16.0 Å². The van der Waals surface area contributed by atoms with Crippen LogP contribution in [0.4, 0.5) is 5.69 Å². The number of aryl methyl sites for hydroxylation is 1. The van der Waals surface area contributed by atoms with Gasteiger partial charge in [-0.2, -0.15) is 0 Å². The maximum Gasteiger partial charge on any atom is 0.325 e. The highest BCUT2D eigenvalue weighted by Crippen LogP contribution is 2.32. The Hall–Kier alpha value is -2.29. The van der Waals surface area contributed by atoms with Crippen LogP contribution in [-0.4, -0.2) is 12.5 Å². The number of carbonyl (C=O) groups excluding carboxylic acids is 1. The third kappa shape index (κ3) is 3.43. The molecule has 3 nitrogen and oxygen atoms in total. The van der Waals surface area contributed by atoms with Crippen molar-refractivity contribution in [2.75, 3.05) is 11.9 Å². The van der Waals surface area contributed by atoms with Crippen molar-refractivity contribution in [1.82, 2.24) is 0 Å². The van der Waals surface area contributed by atoms with Gasteiger partial charge in [0.1, 0.15) is 12.6 Å². The average molecular weight is 281 g/mol. The van der Waals surface area contributed by atoms with E-state index in [9.17, 15) is 4.79 Å². The number of fused-ring (bicyclic) bond motifs is 1. The number of para-hydroxylation sites is 1. The third-order valence-corrected chi connectivity index (χ3v) is 3.80. The molecule has 0 bridgehead atoms. The van der Waals surface area contributed by atoms with Crippen molar-refractivity contribution >= 4 is 11.7 Å². The number of hydrogen-bond donors (Lipinski definition) is 1. The van der Waals surface area contributed by atoms with E-state index in [4.69, 9.17) is 4.74 Å². The van der Waals surface area contributed by atoms with Crippen molar-refractivity contribution in [3.8, 4) is 0 Å². The van der Waals surface area contributed by atoms with Gasteiger partial charge < -0.3 is 10.1 Å². The van der Waals surface area contributed by atoms with E-state index in [1.165, 1.54) is 5.56 Å². The van der Waals surface area contributed by atoms with E-state index in [0.29, 0.717) is 0 Å². The highest BCUT2D eigenvalue weighted by molar-refractivity contribution is 5.75. The molecule has 3 rings (SSSR count). The molecule has 0 saturated carbocycles. The van der Waals surface area contributed by atoms with E-state index in [2.05, 4.69) is 17.4 Å². The second-order valence-corrected chi connectivity index (χ2v) is 5.29. The topological polar surface area (TPSA) is 38.3 Å². The largest absolute Gasteiger partial charge is 0.456 e. The first-order valence-corrected chi connectivity index (χ1v) is 7.39. The Morgan fingerprint density at radius 3 is 2.71 bits per heavy atom. The normalized spacial score (nSPS) is 16.9. The number of carbonyl (C=O) groups is 1. The van der Waals surface area contributed by atoms with Gasteiger partial charge in [-0.3, -0.25) is 4.79 Å². The number of esters is 1. The first-order valence-electron chi connectivity index (χ1n) is 7.39. The van der Waals surface area contributed by atoms with Gasteiger partial charge in [0.15, 0.2) is 0 Å². The Kier molecular flexibility index (Phi) is 4.20. The Morgan fingerprint density at radius 2 is 1.86 bits per heavy atom. The van der Waals surface area contributed by atoms with Gasteiger partial charge >= 0.3 is 5.97 Å². The monoisotopic (exact) mass is 281 g/mol. The predicted molar refractivity (Wildman–Crippen MR) is 83.1 cm³/mol. The minimum Gasteiger partial charge on any atom is -0.456 e. The van der Waals surface area contributed by atoms with E-state index >= 15 is 0 Å². The molecule has 21 heavy (non-hydrogen) atoms. The van der Waals surface area contributed by atoms with Crippen LogP contribution >= 0.6 is 0 Å². The molecule has 0 spiro atoms. The minimum absolute atomic E-state index is 0.0972. The summed E-state index contributed by atoms with van der Waals surface area (Å²) in [7, 11) is 0. The van der Waals surface area contributed by atoms with Crippen LogP contribution < -0.4 is 5.32 Å². The molecule has 3 heteroatoms. The summed E-state index contributed by atoms with van der Waals surface area (Å²) in [5.41, 5.74) is 3.40. The Bertz CT molecular complexity index is 610. The van der Waals surface area contributed by atoms with E-state index in [1.54, 1.807) is 0 Å². The van der Waals surface area contributed by atoms with Crippen LogP contribution in [0.15, 0.2) is 54.6 Å². The summed E-state index contributed by atoms with van der Waals surface area (Å²) in [6.07, 6.45) is 2.96. The predicted octanol–water partition coefficient (Wildman–Crippen LogP) is 3.72. The van der Waals surface area contributed by atoms with Gasteiger partial charge in [-0.1, -0.05) is 42.5 Å². The lowest BCUT2D eigenvalue weighted by Gasteiger charge is -2.25. The second kappa shape index (κ2) is 6.44. The molecular formula is C18H19NO2. The zero-order chi connectivity index (χ0) is 14.5. The van der Waals surface area contributed by atoms with Crippen LogP contribution in [0.2, 0.25) is 0 Å². The van der Waals surface area contributed by atoms with Crippen LogP contribution in [0.3, 0.4) is 0 Å². The lowest BCUT2D eigenvalue weighted by Crippen LogP contribution is -2.22. The summed E-state index contributed by atoms with van der Waals surface area (Å²) in [5, 5.41) is 3.08. The quantitative estimate of drug-likeness (QED) is 0.868. The molecule has 1 unspecified atom stereocenters. The van der Waals surface area contributed by atoms with E-state index < -0.39 is 0 Å². The fourth-order valence-corrected chi connectivity index (χ4v) is 2.76. The molecular weight excluding hydrogens is 262 g/mol. The summed E-state index contributed by atoms with van der Waals surface area (Å²) >= 11 is 0. The molecule has 108 valence electrons. The SMILES string of the molecule is O=C(CNc1ccccc1)OC1CCCc2ccccc21. The van der Waals surface area contributed by atoms with Crippen molar-refractivity contribution in [2.45, 2.75) is 25.4 Å². The molecule has 0 fully saturated rings. The van der Waals surface area contributed by atoms with Crippen molar-refractivity contribution in [3.63, 3.8) is 0 Å². The number of hydrogen-bond acceptors (Lipinski definition) is 3. The van der Waals surface area contributed by atoms with Crippen molar-refractivity contribution in [3.05, 3.63) is 65.7 Å². The van der Waals surface area contributed by atoms with Gasteiger partial charge in [-0.15, -0.1) is 0 Å². The van der Waals surface area contributed by atoms with Crippen LogP contribution in [0.5, 0.6) is 0 Å². The highest BCUT2D eigenvalue weighted by atomic mass is 16.5. The molecule has 1 N–H and O–H groups in total. The highest BCUT2D eigenvalue weighted by Gasteiger charge is 2.22. The second-order valence-electron chi connectivity index (χ2n) is 5.29. The van der Waals surface area contributed by atoms with Crippen molar-refractivity contribution in [1.29, 1.82) is 0 Å². The average Bonchev–Trinajstić information content (AvgIpc) is 2.54. The van der Waals surface area contributed by atoms with Gasteiger partial charge in [-0.05, 0) is 42.5 Å². The molecule has 2 aromatic carbocycles. The van der Waals surface area contributed by atoms with Crippen molar-refractivity contribution in [2.24, 2.45) is 0 Å². The zero-order valence-electron chi connectivity index (χ0n) is 11.9. The third-order valence-electron chi connectivity index (χ3n) is 3.80. The standard InChI is InChI=1S/C18H19NO2/c20-18(13-19-15-9-2-1-3-10-15)21-17-12-6-8-14-7-4-5-11-16(14)17/h1-5,7,9-11,17,19H,6,8,12-13H2. The maximum atomic E-state index is 12.0. The van der Waals surface area contributed by atoms with Crippen LogP contribution in [0.1, 0.15) is 30.1 Å². The smallest absolute Gasteiger partial charge is 0.325 e. The summed E-state index contributed by atoms with van der Waals surface area (Å²) in [4.78, 5) is 12.0. The van der Waals surface area contributed by atoms with Gasteiger partial charge in [0.2, 0.25) is 0 Å². The number of ether oxygens (including phenoxy) is 1. The minimum atomic E-state index is -0.208. The maximum absolute atomic E-state index is 12.0. The lowest BCUT2D eigenvalue weighted by molar-refractivity contribution is -0.147. The molecule has 2 aromatic rings. The molecule has 1 aliphatic carbocycles. The number of nitrogens with one attached hydrogen (secondary N) is 1. The first-order chi connectivity index (χ1) is 10.3. The molecule has 0 heterocycles. The van der Waals surface area contributed by atoms with Gasteiger partial charge in [0.25, 0.3) is 0 Å². The van der Waals surface area contributed by atoms with E-state index in [0.717, 1.165) is 30.5 Å². The lowest BCUT2D eigenvalue weighted by atomic mass is 9.89. The van der Waals surface area contributed by atoms with E-state index in [1.807, 2.05) is 42.5 Å². The number of anilines is 1. The molecule has 0 aromatic heterocycles.